The van der Waals surface area contributed by atoms with Crippen LogP contribution < -0.4 is 0 Å². The van der Waals surface area contributed by atoms with Gasteiger partial charge in [-0.15, -0.1) is 12.4 Å². The maximum Gasteiger partial charge on any atom is 0.158 e. The lowest BCUT2D eigenvalue weighted by atomic mass is 9.79. The number of halogens is 1. The van der Waals surface area contributed by atoms with E-state index in [1.54, 1.807) is 0 Å². The second-order valence-electron chi connectivity index (χ2n) is 7.12. The molecule has 0 spiro atoms. The predicted octanol–water partition coefficient (Wildman–Crippen LogP) is 2.81. The zero-order valence-corrected chi connectivity index (χ0v) is 13.9. The van der Waals surface area contributed by atoms with Crippen molar-refractivity contribution in [2.45, 2.75) is 59.1 Å². The van der Waals surface area contributed by atoms with Gasteiger partial charge in [0, 0.05) is 13.0 Å². The van der Waals surface area contributed by atoms with E-state index in [0.717, 1.165) is 18.7 Å². The van der Waals surface area contributed by atoms with Gasteiger partial charge in [0.1, 0.15) is 0 Å². The van der Waals surface area contributed by atoms with Crippen LogP contribution in [0.25, 0.3) is 0 Å². The van der Waals surface area contributed by atoms with Gasteiger partial charge in [0.25, 0.3) is 0 Å². The molecule has 1 fully saturated rings. The van der Waals surface area contributed by atoms with Gasteiger partial charge in [-0.25, -0.2) is 0 Å². The molecule has 4 heteroatoms. The van der Waals surface area contributed by atoms with Crippen LogP contribution in [0.2, 0.25) is 0 Å². The summed E-state index contributed by atoms with van der Waals surface area (Å²) in [6.07, 6.45) is 4.42. The Morgan fingerprint density at radius 3 is 2.65 bits per heavy atom. The van der Waals surface area contributed by atoms with Crippen molar-refractivity contribution >= 4 is 18.2 Å². The minimum Gasteiger partial charge on any atom is -0.391 e. The molecular formula is C16H28ClNO2. The minimum absolute atomic E-state index is 0. The number of nitrogens with zero attached hydrogens (tertiary/aromatic N) is 1. The first-order valence-electron chi connectivity index (χ1n) is 7.45. The summed E-state index contributed by atoms with van der Waals surface area (Å²) in [6.45, 7) is 10.2. The molecule has 1 heterocycles. The molecule has 1 aliphatic carbocycles. The summed E-state index contributed by atoms with van der Waals surface area (Å²) >= 11 is 0. The van der Waals surface area contributed by atoms with E-state index in [-0.39, 0.29) is 29.6 Å². The molecule has 0 aromatic heterocycles. The lowest BCUT2D eigenvalue weighted by molar-refractivity contribution is -0.119. The number of aliphatic hydroxyl groups excluding tert-OH is 1. The van der Waals surface area contributed by atoms with E-state index in [9.17, 15) is 9.90 Å². The third-order valence-electron chi connectivity index (χ3n) is 4.71. The van der Waals surface area contributed by atoms with E-state index < -0.39 is 6.10 Å². The standard InChI is InChI=1S/C16H27NO2.ClH/c1-11-6-5-7-17(10-11)13-8-12(2)14(18)9-16(3,4)15(13)19;/h8,11,13,15,19H,5-7,9-10H2,1-4H3;1H. The fraction of sp³-hybridized carbons (Fsp3) is 0.812. The Bertz CT molecular complexity index is 392. The SMILES string of the molecule is CC1=CC(N2CCCC(C)C2)C(O)C(C)(C)CC1=O.Cl. The lowest BCUT2D eigenvalue weighted by Gasteiger charge is -2.42. The number of carbonyl (C=O) groups is 1. The van der Waals surface area contributed by atoms with Crippen LogP contribution in [0, 0.1) is 11.3 Å². The van der Waals surface area contributed by atoms with Gasteiger partial charge in [-0.2, -0.15) is 0 Å². The number of likely N-dealkylation sites (tertiary alicyclic amines) is 1. The number of hydrogen-bond donors (Lipinski definition) is 1. The molecule has 0 aromatic rings. The molecule has 1 aliphatic heterocycles. The highest BCUT2D eigenvalue weighted by Gasteiger charge is 2.41. The van der Waals surface area contributed by atoms with Gasteiger partial charge in [0.05, 0.1) is 12.1 Å². The van der Waals surface area contributed by atoms with Crippen molar-refractivity contribution < 1.29 is 9.90 Å². The molecule has 1 saturated heterocycles. The normalized spacial score (nSPS) is 35.0. The molecule has 0 aromatic carbocycles. The summed E-state index contributed by atoms with van der Waals surface area (Å²) < 4.78 is 0. The van der Waals surface area contributed by atoms with Crippen LogP contribution in [-0.2, 0) is 4.79 Å². The van der Waals surface area contributed by atoms with Crippen LogP contribution in [0.3, 0.4) is 0 Å². The Hall–Kier alpha value is -0.380. The Balaban J connectivity index is 0.00000200. The molecular weight excluding hydrogens is 274 g/mol. The second-order valence-corrected chi connectivity index (χ2v) is 7.12. The van der Waals surface area contributed by atoms with Crippen molar-refractivity contribution in [3.05, 3.63) is 11.6 Å². The zero-order valence-electron chi connectivity index (χ0n) is 13.1. The molecule has 0 amide bonds. The number of aliphatic hydroxyl groups is 1. The maximum atomic E-state index is 12.1. The lowest BCUT2D eigenvalue weighted by Crippen LogP contribution is -2.51. The number of piperidine rings is 1. The van der Waals surface area contributed by atoms with E-state index in [1.807, 2.05) is 26.8 Å². The Labute approximate surface area is 128 Å². The molecule has 0 saturated carbocycles. The van der Waals surface area contributed by atoms with E-state index in [4.69, 9.17) is 0 Å². The van der Waals surface area contributed by atoms with E-state index in [0.29, 0.717) is 12.3 Å². The van der Waals surface area contributed by atoms with E-state index >= 15 is 0 Å². The van der Waals surface area contributed by atoms with Crippen LogP contribution in [0.4, 0.5) is 0 Å². The van der Waals surface area contributed by atoms with Crippen molar-refractivity contribution in [1.82, 2.24) is 4.90 Å². The first kappa shape index (κ1) is 17.7. The number of ketones is 1. The fourth-order valence-electron chi connectivity index (χ4n) is 3.36. The molecule has 2 rings (SSSR count). The highest BCUT2D eigenvalue weighted by atomic mass is 35.5. The maximum absolute atomic E-state index is 12.1. The summed E-state index contributed by atoms with van der Waals surface area (Å²) in [4.78, 5) is 14.4. The molecule has 0 bridgehead atoms. The Morgan fingerprint density at radius 1 is 1.40 bits per heavy atom. The van der Waals surface area contributed by atoms with Crippen LogP contribution in [-0.4, -0.2) is 41.0 Å². The monoisotopic (exact) mass is 301 g/mol. The van der Waals surface area contributed by atoms with Crippen LogP contribution in [0.15, 0.2) is 11.6 Å². The van der Waals surface area contributed by atoms with Gasteiger partial charge in [-0.3, -0.25) is 9.69 Å². The molecule has 2 aliphatic rings. The summed E-state index contributed by atoms with van der Waals surface area (Å²) in [5, 5.41) is 10.7. The van der Waals surface area contributed by atoms with Crippen molar-refractivity contribution in [2.24, 2.45) is 11.3 Å². The van der Waals surface area contributed by atoms with Gasteiger partial charge in [0.2, 0.25) is 0 Å². The Morgan fingerprint density at radius 2 is 2.05 bits per heavy atom. The number of carbonyl (C=O) groups excluding carboxylic acids is 1. The van der Waals surface area contributed by atoms with Gasteiger partial charge in [0.15, 0.2) is 5.78 Å². The number of allylic oxidation sites excluding steroid dienone is 1. The number of Topliss-reactive ketones (excluding diaryl/α,β-unsaturated/α-hetero) is 1. The second kappa shape index (κ2) is 6.59. The van der Waals surface area contributed by atoms with Crippen molar-refractivity contribution in [3.8, 4) is 0 Å². The molecule has 1 N–H and O–H groups in total. The average molecular weight is 302 g/mol. The zero-order chi connectivity index (χ0) is 14.2. The predicted molar refractivity (Wildman–Crippen MR) is 84.2 cm³/mol. The molecule has 116 valence electrons. The van der Waals surface area contributed by atoms with Gasteiger partial charge in [-0.05, 0) is 43.2 Å². The third-order valence-corrected chi connectivity index (χ3v) is 4.71. The summed E-state index contributed by atoms with van der Waals surface area (Å²) in [5.74, 6) is 0.855. The number of hydrogen-bond acceptors (Lipinski definition) is 3. The average Bonchev–Trinajstić information content (AvgIpc) is 2.40. The van der Waals surface area contributed by atoms with E-state index in [1.165, 1.54) is 12.8 Å². The van der Waals surface area contributed by atoms with Crippen molar-refractivity contribution in [3.63, 3.8) is 0 Å². The fourth-order valence-corrected chi connectivity index (χ4v) is 3.36. The highest BCUT2D eigenvalue weighted by molar-refractivity contribution is 5.95. The first-order valence-corrected chi connectivity index (χ1v) is 7.45. The quantitative estimate of drug-likeness (QED) is 0.809. The third kappa shape index (κ3) is 3.63. The molecule has 3 nitrogen and oxygen atoms in total. The molecule has 3 unspecified atom stereocenters. The number of rotatable bonds is 1. The van der Waals surface area contributed by atoms with Gasteiger partial charge in [-0.1, -0.05) is 26.8 Å². The molecule has 20 heavy (non-hydrogen) atoms. The molecule has 0 radical (unpaired) electrons. The van der Waals surface area contributed by atoms with Gasteiger partial charge >= 0.3 is 0 Å². The van der Waals surface area contributed by atoms with Crippen molar-refractivity contribution in [2.75, 3.05) is 13.1 Å². The van der Waals surface area contributed by atoms with Crippen LogP contribution in [0.1, 0.15) is 47.0 Å². The summed E-state index contributed by atoms with van der Waals surface area (Å²) in [5.41, 5.74) is 0.462. The largest absolute Gasteiger partial charge is 0.391 e. The first-order chi connectivity index (χ1) is 8.81. The molecule has 3 atom stereocenters. The highest BCUT2D eigenvalue weighted by Crippen LogP contribution is 2.35. The Kier molecular flexibility index (Phi) is 5.82. The van der Waals surface area contributed by atoms with Crippen LogP contribution in [0.5, 0.6) is 0 Å². The summed E-state index contributed by atoms with van der Waals surface area (Å²) in [6, 6.07) is -0.0100. The van der Waals surface area contributed by atoms with Gasteiger partial charge < -0.3 is 5.11 Å². The van der Waals surface area contributed by atoms with Crippen molar-refractivity contribution in [1.29, 1.82) is 0 Å². The summed E-state index contributed by atoms with van der Waals surface area (Å²) in [7, 11) is 0. The van der Waals surface area contributed by atoms with E-state index in [2.05, 4.69) is 11.8 Å². The minimum atomic E-state index is -0.473. The van der Waals surface area contributed by atoms with Crippen LogP contribution >= 0.6 is 12.4 Å². The smallest absolute Gasteiger partial charge is 0.158 e. The topological polar surface area (TPSA) is 40.5 Å².